The third-order valence-corrected chi connectivity index (χ3v) is 3.43. The number of aromatic nitrogens is 1. The summed E-state index contributed by atoms with van der Waals surface area (Å²) in [5.41, 5.74) is 3.45. The maximum Gasteiger partial charge on any atom is 0.126 e. The highest BCUT2D eigenvalue weighted by Crippen LogP contribution is 2.29. The monoisotopic (exact) mass is 254 g/mol. The lowest BCUT2D eigenvalue weighted by atomic mass is 10.0. The highest BCUT2D eigenvalue weighted by atomic mass is 15.0. The molecule has 1 aromatic rings. The van der Waals surface area contributed by atoms with Crippen LogP contribution in [0.25, 0.3) is 5.57 Å². The van der Waals surface area contributed by atoms with Crippen LogP contribution in [0.2, 0.25) is 0 Å². The predicted octanol–water partition coefficient (Wildman–Crippen LogP) is 4.44. The molecule has 0 bridgehead atoms. The molecule has 0 amide bonds. The van der Waals surface area contributed by atoms with Gasteiger partial charge in [0, 0.05) is 12.7 Å². The van der Waals surface area contributed by atoms with E-state index in [1.165, 1.54) is 18.4 Å². The number of rotatable bonds is 7. The van der Waals surface area contributed by atoms with Gasteiger partial charge >= 0.3 is 0 Å². The van der Waals surface area contributed by atoms with Gasteiger partial charge in [0.2, 0.25) is 0 Å². The van der Waals surface area contributed by atoms with Gasteiger partial charge in [0.1, 0.15) is 5.82 Å². The molecular weight excluding hydrogens is 232 g/mol. The fraction of sp³-hybridized carbons (Fsp3) is 0.353. The topological polar surface area (TPSA) is 24.9 Å². The lowest BCUT2D eigenvalue weighted by Crippen LogP contribution is -2.04. The molecule has 1 N–H and O–H groups in total. The second-order valence-corrected chi connectivity index (χ2v) is 5.21. The number of pyridine rings is 1. The van der Waals surface area contributed by atoms with E-state index in [2.05, 4.69) is 42.5 Å². The molecule has 2 rings (SSSR count). The molecule has 1 saturated carbocycles. The summed E-state index contributed by atoms with van der Waals surface area (Å²) >= 11 is 0. The summed E-state index contributed by atoms with van der Waals surface area (Å²) < 4.78 is 0. The minimum absolute atomic E-state index is 0.851. The van der Waals surface area contributed by atoms with E-state index < -0.39 is 0 Å². The van der Waals surface area contributed by atoms with Gasteiger partial charge in [-0.2, -0.15) is 0 Å². The van der Waals surface area contributed by atoms with Crippen LogP contribution in [0, 0.1) is 5.92 Å². The summed E-state index contributed by atoms with van der Waals surface area (Å²) in [7, 11) is 0. The Labute approximate surface area is 116 Å². The maximum absolute atomic E-state index is 4.35. The van der Waals surface area contributed by atoms with Crippen molar-refractivity contribution >= 4 is 11.4 Å². The summed E-state index contributed by atoms with van der Waals surface area (Å²) in [6.07, 6.45) is 9.41. The highest BCUT2D eigenvalue weighted by molar-refractivity contribution is 5.66. The molecule has 2 heteroatoms. The number of allylic oxidation sites excluding steroid dienone is 4. The quantitative estimate of drug-likeness (QED) is 0.728. The fourth-order valence-corrected chi connectivity index (χ4v) is 1.80. The van der Waals surface area contributed by atoms with Gasteiger partial charge < -0.3 is 5.32 Å². The Hall–Kier alpha value is -1.83. The number of hydrogen-bond acceptors (Lipinski definition) is 2. The van der Waals surface area contributed by atoms with Crippen LogP contribution in [-0.4, -0.2) is 11.5 Å². The van der Waals surface area contributed by atoms with Crippen LogP contribution in [0.5, 0.6) is 0 Å². The molecule has 19 heavy (non-hydrogen) atoms. The van der Waals surface area contributed by atoms with Crippen molar-refractivity contribution < 1.29 is 0 Å². The number of hydrogen-bond donors (Lipinski definition) is 1. The zero-order valence-electron chi connectivity index (χ0n) is 11.7. The second-order valence-electron chi connectivity index (χ2n) is 5.21. The predicted molar refractivity (Wildman–Crippen MR) is 83.1 cm³/mol. The van der Waals surface area contributed by atoms with Crippen molar-refractivity contribution in [2.24, 2.45) is 5.92 Å². The minimum Gasteiger partial charge on any atom is -0.370 e. The Morgan fingerprint density at radius 2 is 2.32 bits per heavy atom. The molecule has 1 fully saturated rings. The van der Waals surface area contributed by atoms with Crippen LogP contribution >= 0.6 is 0 Å². The van der Waals surface area contributed by atoms with Gasteiger partial charge in [-0.3, -0.25) is 0 Å². The Balaban J connectivity index is 1.96. The van der Waals surface area contributed by atoms with Gasteiger partial charge in [0.15, 0.2) is 0 Å². The second kappa shape index (κ2) is 6.37. The lowest BCUT2D eigenvalue weighted by Gasteiger charge is -2.08. The van der Waals surface area contributed by atoms with Crippen LogP contribution in [0.15, 0.2) is 49.2 Å². The van der Waals surface area contributed by atoms with Crippen molar-refractivity contribution in [2.75, 3.05) is 11.9 Å². The third kappa shape index (κ3) is 4.40. The molecular formula is C17H22N2. The van der Waals surface area contributed by atoms with Gasteiger partial charge in [-0.05, 0) is 55.4 Å². The normalized spacial score (nSPS) is 15.1. The number of nitrogens with one attached hydrogen (secondary N) is 1. The van der Waals surface area contributed by atoms with Crippen molar-refractivity contribution in [2.45, 2.75) is 26.2 Å². The first-order valence-electron chi connectivity index (χ1n) is 6.86. The Morgan fingerprint density at radius 3 is 3.00 bits per heavy atom. The molecule has 0 unspecified atom stereocenters. The average Bonchev–Trinajstić information content (AvgIpc) is 3.26. The molecule has 0 aromatic carbocycles. The first-order valence-corrected chi connectivity index (χ1v) is 6.86. The first kappa shape index (κ1) is 13.6. The van der Waals surface area contributed by atoms with Crippen molar-refractivity contribution in [1.29, 1.82) is 0 Å². The molecule has 0 radical (unpaired) electrons. The number of nitrogens with zero attached hydrogens (tertiary/aromatic N) is 1. The van der Waals surface area contributed by atoms with E-state index in [9.17, 15) is 0 Å². The molecule has 1 heterocycles. The van der Waals surface area contributed by atoms with Crippen LogP contribution in [0.3, 0.4) is 0 Å². The van der Waals surface area contributed by atoms with Crippen molar-refractivity contribution in [1.82, 2.24) is 4.98 Å². The molecule has 1 aliphatic carbocycles. The van der Waals surface area contributed by atoms with E-state index in [-0.39, 0.29) is 0 Å². The SMILES string of the molecule is C=C/C(C)=C/CC(=C)c1ccnc(NCC2CC2)c1. The molecule has 0 aliphatic heterocycles. The van der Waals surface area contributed by atoms with E-state index in [0.717, 1.165) is 35.8 Å². The van der Waals surface area contributed by atoms with Crippen LogP contribution in [0.1, 0.15) is 31.7 Å². The molecule has 0 atom stereocenters. The molecule has 100 valence electrons. The molecule has 2 nitrogen and oxygen atoms in total. The van der Waals surface area contributed by atoms with Crippen molar-refractivity contribution in [3.05, 3.63) is 54.8 Å². The molecule has 0 saturated heterocycles. The van der Waals surface area contributed by atoms with Gasteiger partial charge in [0.05, 0.1) is 0 Å². The Morgan fingerprint density at radius 1 is 1.53 bits per heavy atom. The fourth-order valence-electron chi connectivity index (χ4n) is 1.80. The standard InChI is InChI=1S/C17H22N2/c1-4-13(2)5-6-14(3)16-9-10-18-17(11-16)19-12-15-7-8-15/h4-5,9-11,15H,1,3,6-8,12H2,2H3,(H,18,19)/b13-5+. The lowest BCUT2D eigenvalue weighted by molar-refractivity contribution is 0.883. The van der Waals surface area contributed by atoms with Crippen LogP contribution < -0.4 is 5.32 Å². The van der Waals surface area contributed by atoms with E-state index in [0.29, 0.717) is 0 Å². The summed E-state index contributed by atoms with van der Waals surface area (Å²) in [5, 5.41) is 3.39. The van der Waals surface area contributed by atoms with Crippen molar-refractivity contribution in [3.8, 4) is 0 Å². The average molecular weight is 254 g/mol. The number of anilines is 1. The summed E-state index contributed by atoms with van der Waals surface area (Å²) in [6.45, 7) is 11.0. The largest absolute Gasteiger partial charge is 0.370 e. The summed E-state index contributed by atoms with van der Waals surface area (Å²) in [4.78, 5) is 4.35. The molecule has 0 spiro atoms. The van der Waals surface area contributed by atoms with E-state index >= 15 is 0 Å². The zero-order chi connectivity index (χ0) is 13.7. The maximum atomic E-state index is 4.35. The summed E-state index contributed by atoms with van der Waals surface area (Å²) in [6, 6.07) is 4.10. The molecule has 1 aromatic heterocycles. The first-order chi connectivity index (χ1) is 9.19. The summed E-state index contributed by atoms with van der Waals surface area (Å²) in [5.74, 6) is 1.81. The van der Waals surface area contributed by atoms with Crippen LogP contribution in [-0.2, 0) is 0 Å². The smallest absolute Gasteiger partial charge is 0.126 e. The minimum atomic E-state index is 0.851. The highest BCUT2D eigenvalue weighted by Gasteiger charge is 2.20. The Kier molecular flexibility index (Phi) is 4.56. The Bertz CT molecular complexity index is 496. The van der Waals surface area contributed by atoms with Gasteiger partial charge in [-0.25, -0.2) is 4.98 Å². The van der Waals surface area contributed by atoms with Crippen LogP contribution in [0.4, 0.5) is 5.82 Å². The van der Waals surface area contributed by atoms with Gasteiger partial charge in [-0.1, -0.05) is 30.9 Å². The zero-order valence-corrected chi connectivity index (χ0v) is 11.7. The van der Waals surface area contributed by atoms with E-state index in [1.807, 2.05) is 18.3 Å². The van der Waals surface area contributed by atoms with E-state index in [4.69, 9.17) is 0 Å². The van der Waals surface area contributed by atoms with E-state index in [1.54, 1.807) is 0 Å². The molecule has 1 aliphatic rings. The third-order valence-electron chi connectivity index (χ3n) is 3.43. The van der Waals surface area contributed by atoms with Gasteiger partial charge in [-0.15, -0.1) is 0 Å². The van der Waals surface area contributed by atoms with Crippen molar-refractivity contribution in [3.63, 3.8) is 0 Å². The van der Waals surface area contributed by atoms with Gasteiger partial charge in [0.25, 0.3) is 0 Å².